The van der Waals surface area contributed by atoms with E-state index in [2.05, 4.69) is 24.0 Å². The van der Waals surface area contributed by atoms with Crippen molar-refractivity contribution in [2.75, 3.05) is 12.3 Å². The number of hydrogen-bond donors (Lipinski definition) is 1. The van der Waals surface area contributed by atoms with Crippen molar-refractivity contribution in [1.29, 1.82) is 0 Å². The van der Waals surface area contributed by atoms with E-state index in [-0.39, 0.29) is 0 Å². The summed E-state index contributed by atoms with van der Waals surface area (Å²) in [5, 5.41) is 4.62. The molecular formula is C13H25NS. The molecule has 1 nitrogen and oxygen atoms in total. The fourth-order valence-electron chi connectivity index (χ4n) is 2.85. The minimum atomic E-state index is 0.820. The molecule has 2 aliphatic rings. The summed E-state index contributed by atoms with van der Waals surface area (Å²) < 4.78 is 0. The van der Waals surface area contributed by atoms with Crippen molar-refractivity contribution in [2.24, 2.45) is 5.92 Å². The maximum absolute atomic E-state index is 3.65. The number of thioether (sulfide) groups is 1. The molecule has 15 heavy (non-hydrogen) atoms. The Morgan fingerprint density at radius 2 is 2.07 bits per heavy atom. The molecule has 1 saturated carbocycles. The Morgan fingerprint density at radius 3 is 2.80 bits per heavy atom. The van der Waals surface area contributed by atoms with Gasteiger partial charge in [-0.3, -0.25) is 0 Å². The molecule has 2 rings (SSSR count). The molecule has 0 bridgehead atoms. The Bertz CT molecular complexity index is 177. The normalized spacial score (nSPS) is 37.8. The van der Waals surface area contributed by atoms with Gasteiger partial charge in [-0.2, -0.15) is 11.8 Å². The highest BCUT2D eigenvalue weighted by atomic mass is 32.2. The fourth-order valence-corrected chi connectivity index (χ4v) is 4.44. The van der Waals surface area contributed by atoms with Gasteiger partial charge < -0.3 is 5.32 Å². The van der Waals surface area contributed by atoms with Crippen molar-refractivity contribution < 1.29 is 0 Å². The largest absolute Gasteiger partial charge is 0.313 e. The summed E-state index contributed by atoms with van der Waals surface area (Å²) in [6.07, 6.45) is 10.1. The smallest absolute Gasteiger partial charge is 0.0158 e. The second-order valence-electron chi connectivity index (χ2n) is 5.37. The second kappa shape index (κ2) is 6.15. The van der Waals surface area contributed by atoms with E-state index in [9.17, 15) is 0 Å². The maximum atomic E-state index is 3.65. The molecule has 1 N–H and O–H groups in total. The van der Waals surface area contributed by atoms with Crippen LogP contribution in [0.1, 0.15) is 51.9 Å². The van der Waals surface area contributed by atoms with Crippen molar-refractivity contribution in [3.63, 3.8) is 0 Å². The number of rotatable bonds is 3. The van der Waals surface area contributed by atoms with Crippen molar-refractivity contribution >= 4 is 11.8 Å². The van der Waals surface area contributed by atoms with Crippen molar-refractivity contribution in [1.82, 2.24) is 5.32 Å². The second-order valence-corrected chi connectivity index (χ2v) is 6.71. The molecule has 88 valence electrons. The molecule has 0 radical (unpaired) electrons. The fraction of sp³-hybridized carbons (Fsp3) is 1.00. The zero-order valence-electron chi connectivity index (χ0n) is 10.0. The summed E-state index contributed by atoms with van der Waals surface area (Å²) in [5.74, 6) is 2.34. The highest BCUT2D eigenvalue weighted by Gasteiger charge is 2.21. The van der Waals surface area contributed by atoms with Gasteiger partial charge in [0.05, 0.1) is 0 Å². The van der Waals surface area contributed by atoms with Gasteiger partial charge in [-0.25, -0.2) is 0 Å². The van der Waals surface area contributed by atoms with Crippen LogP contribution in [0.3, 0.4) is 0 Å². The van der Waals surface area contributed by atoms with Gasteiger partial charge >= 0.3 is 0 Å². The van der Waals surface area contributed by atoms with E-state index < -0.39 is 0 Å². The van der Waals surface area contributed by atoms with E-state index in [4.69, 9.17) is 0 Å². The first kappa shape index (κ1) is 11.8. The molecule has 1 aliphatic carbocycles. The first-order valence-corrected chi connectivity index (χ1v) is 7.74. The van der Waals surface area contributed by atoms with Crippen LogP contribution in [0.2, 0.25) is 0 Å². The molecule has 1 heterocycles. The molecule has 3 atom stereocenters. The Morgan fingerprint density at radius 1 is 1.13 bits per heavy atom. The molecule has 1 saturated heterocycles. The molecule has 2 heteroatoms. The van der Waals surface area contributed by atoms with Crippen LogP contribution in [-0.2, 0) is 0 Å². The molecule has 3 unspecified atom stereocenters. The van der Waals surface area contributed by atoms with Gasteiger partial charge in [0.15, 0.2) is 0 Å². The summed E-state index contributed by atoms with van der Waals surface area (Å²) in [4.78, 5) is 0. The minimum Gasteiger partial charge on any atom is -0.313 e. The quantitative estimate of drug-likeness (QED) is 0.792. The molecule has 0 aromatic heterocycles. The van der Waals surface area contributed by atoms with Crippen molar-refractivity contribution in [3.05, 3.63) is 0 Å². The Kier molecular flexibility index (Phi) is 4.83. The topological polar surface area (TPSA) is 12.0 Å². The van der Waals surface area contributed by atoms with Crippen LogP contribution in [0.5, 0.6) is 0 Å². The summed E-state index contributed by atoms with van der Waals surface area (Å²) in [5.41, 5.74) is 0. The monoisotopic (exact) mass is 227 g/mol. The van der Waals surface area contributed by atoms with E-state index in [0.29, 0.717) is 0 Å². The lowest BCUT2D eigenvalue weighted by Gasteiger charge is -2.29. The molecular weight excluding hydrogens is 202 g/mol. The third-order valence-corrected chi connectivity index (χ3v) is 5.33. The predicted octanol–water partition coefficient (Wildman–Crippen LogP) is 3.44. The third-order valence-electron chi connectivity index (χ3n) is 3.83. The Hall–Kier alpha value is 0.310. The highest BCUT2D eigenvalue weighted by Crippen LogP contribution is 2.32. The van der Waals surface area contributed by atoms with Crippen LogP contribution in [0.25, 0.3) is 0 Å². The van der Waals surface area contributed by atoms with E-state index >= 15 is 0 Å². The lowest BCUT2D eigenvalue weighted by atomic mass is 9.91. The van der Waals surface area contributed by atoms with Gasteiger partial charge in [0.25, 0.3) is 0 Å². The minimum absolute atomic E-state index is 0.820. The van der Waals surface area contributed by atoms with Crippen LogP contribution >= 0.6 is 11.8 Å². The van der Waals surface area contributed by atoms with Gasteiger partial charge in [-0.1, -0.05) is 26.2 Å². The third kappa shape index (κ3) is 3.99. The van der Waals surface area contributed by atoms with Gasteiger partial charge in [-0.15, -0.1) is 0 Å². The summed E-state index contributed by atoms with van der Waals surface area (Å²) in [7, 11) is 0. The Labute approximate surface area is 98.8 Å². The average Bonchev–Trinajstić information content (AvgIpc) is 2.28. The molecule has 0 spiro atoms. The van der Waals surface area contributed by atoms with E-state index in [1.807, 2.05) is 0 Å². The maximum Gasteiger partial charge on any atom is 0.0158 e. The van der Waals surface area contributed by atoms with Crippen LogP contribution in [-0.4, -0.2) is 23.6 Å². The predicted molar refractivity (Wildman–Crippen MR) is 69.5 cm³/mol. The lowest BCUT2D eigenvalue weighted by molar-refractivity contribution is 0.392. The first-order valence-electron chi connectivity index (χ1n) is 6.69. The average molecular weight is 227 g/mol. The van der Waals surface area contributed by atoms with Crippen molar-refractivity contribution in [2.45, 2.75) is 63.2 Å². The molecule has 0 aromatic carbocycles. The molecule has 0 aromatic rings. The van der Waals surface area contributed by atoms with Crippen molar-refractivity contribution in [3.8, 4) is 0 Å². The standard InChI is InChI=1S/C13H25NS/c1-11-5-4-7-13(9-11)15-10-12-6-2-3-8-14-12/h11-14H,2-10H2,1H3. The molecule has 1 aliphatic heterocycles. The number of nitrogens with one attached hydrogen (secondary N) is 1. The van der Waals surface area contributed by atoms with Gasteiger partial charge in [0.2, 0.25) is 0 Å². The summed E-state index contributed by atoms with van der Waals surface area (Å²) >= 11 is 2.25. The van der Waals surface area contributed by atoms with Crippen LogP contribution in [0.4, 0.5) is 0 Å². The van der Waals surface area contributed by atoms with Gasteiger partial charge in [-0.05, 0) is 38.1 Å². The summed E-state index contributed by atoms with van der Waals surface area (Å²) in [6, 6.07) is 0.820. The van der Waals surface area contributed by atoms with Crippen LogP contribution in [0, 0.1) is 5.92 Å². The highest BCUT2D eigenvalue weighted by molar-refractivity contribution is 7.99. The first-order chi connectivity index (χ1) is 7.34. The zero-order chi connectivity index (χ0) is 10.5. The van der Waals surface area contributed by atoms with Crippen LogP contribution < -0.4 is 5.32 Å². The SMILES string of the molecule is CC1CCCC(SCC2CCCCN2)C1. The zero-order valence-corrected chi connectivity index (χ0v) is 10.8. The Balaban J connectivity index is 1.63. The van der Waals surface area contributed by atoms with E-state index in [0.717, 1.165) is 17.2 Å². The molecule has 0 amide bonds. The van der Waals surface area contributed by atoms with Gasteiger partial charge in [0, 0.05) is 17.0 Å². The number of piperidine rings is 1. The van der Waals surface area contributed by atoms with E-state index in [1.165, 1.54) is 57.2 Å². The lowest BCUT2D eigenvalue weighted by Crippen LogP contribution is -2.36. The number of hydrogen-bond acceptors (Lipinski definition) is 2. The van der Waals surface area contributed by atoms with Gasteiger partial charge in [0.1, 0.15) is 0 Å². The van der Waals surface area contributed by atoms with Crippen LogP contribution in [0.15, 0.2) is 0 Å². The molecule has 2 fully saturated rings. The van der Waals surface area contributed by atoms with E-state index in [1.54, 1.807) is 0 Å². The summed E-state index contributed by atoms with van der Waals surface area (Å²) in [6.45, 7) is 3.68.